The van der Waals surface area contributed by atoms with Crippen molar-refractivity contribution in [3.63, 3.8) is 0 Å². The molecule has 1 aliphatic rings. The number of rotatable bonds is 4. The molecule has 0 N–H and O–H groups in total. The third kappa shape index (κ3) is 2.12. The van der Waals surface area contributed by atoms with Gasteiger partial charge in [-0.2, -0.15) is 11.8 Å². The number of ketones is 1. The molecule has 1 aliphatic heterocycles. The van der Waals surface area contributed by atoms with Crippen molar-refractivity contribution in [2.75, 3.05) is 23.5 Å². The van der Waals surface area contributed by atoms with E-state index >= 15 is 0 Å². The smallest absolute Gasteiger partial charge is 0.299 e. The first-order valence-corrected chi connectivity index (χ1v) is 6.80. The Bertz CT molecular complexity index is 519. The molecule has 0 fully saturated rings. The Labute approximate surface area is 107 Å². The number of Topliss-reactive ketones (excluding diaryl/α,β-unsaturated/α-hetero) is 1. The van der Waals surface area contributed by atoms with E-state index in [4.69, 9.17) is 0 Å². The number of fused-ring (bicyclic) bond motifs is 1. The lowest BCUT2D eigenvalue weighted by Gasteiger charge is -2.15. The summed E-state index contributed by atoms with van der Waals surface area (Å²) < 4.78 is 26.6. The molecule has 0 aliphatic carbocycles. The van der Waals surface area contributed by atoms with Gasteiger partial charge in [0.25, 0.3) is 11.7 Å². The number of carbonyl (C=O) groups excluding carboxylic acids is 2. The molecule has 0 spiro atoms. The van der Waals surface area contributed by atoms with Crippen molar-refractivity contribution in [1.82, 2.24) is 0 Å². The zero-order valence-electron chi connectivity index (χ0n) is 9.70. The van der Waals surface area contributed by atoms with Gasteiger partial charge in [0.1, 0.15) is 11.6 Å². The van der Waals surface area contributed by atoms with Gasteiger partial charge < -0.3 is 4.90 Å². The van der Waals surface area contributed by atoms with E-state index in [1.165, 1.54) is 0 Å². The van der Waals surface area contributed by atoms with Crippen LogP contribution in [0.4, 0.5) is 14.5 Å². The van der Waals surface area contributed by atoms with Gasteiger partial charge in [-0.3, -0.25) is 9.59 Å². The summed E-state index contributed by atoms with van der Waals surface area (Å²) in [4.78, 5) is 24.5. The Morgan fingerprint density at radius 3 is 2.67 bits per heavy atom. The highest BCUT2D eigenvalue weighted by molar-refractivity contribution is 7.98. The number of nitrogens with zero attached hydrogens (tertiary/aromatic N) is 1. The van der Waals surface area contributed by atoms with Crippen LogP contribution in [0.25, 0.3) is 0 Å². The van der Waals surface area contributed by atoms with Gasteiger partial charge in [-0.25, -0.2) is 8.78 Å². The molecule has 0 atom stereocenters. The van der Waals surface area contributed by atoms with E-state index in [0.717, 1.165) is 16.7 Å². The highest BCUT2D eigenvalue weighted by atomic mass is 32.2. The van der Waals surface area contributed by atoms with Crippen molar-refractivity contribution in [2.24, 2.45) is 0 Å². The second kappa shape index (κ2) is 5.06. The summed E-state index contributed by atoms with van der Waals surface area (Å²) in [7, 11) is 0. The van der Waals surface area contributed by atoms with E-state index in [-0.39, 0.29) is 11.3 Å². The fraction of sp³-hybridized carbons (Fsp3) is 0.333. The summed E-state index contributed by atoms with van der Waals surface area (Å²) in [6, 6.07) is 1.65. The summed E-state index contributed by atoms with van der Waals surface area (Å²) >= 11 is 1.60. The standard InChI is InChI=1S/C12H11F2NO2S/c1-18-4-2-3-15-9-6-7(13)5-8(14)10(9)11(16)12(15)17/h5-6H,2-4H2,1H3. The molecule has 0 unspecified atom stereocenters. The van der Waals surface area contributed by atoms with Crippen molar-refractivity contribution in [1.29, 1.82) is 0 Å². The van der Waals surface area contributed by atoms with Crippen molar-refractivity contribution >= 4 is 29.1 Å². The molecule has 2 rings (SSSR count). The first-order valence-electron chi connectivity index (χ1n) is 5.40. The van der Waals surface area contributed by atoms with Crippen LogP contribution in [-0.2, 0) is 4.79 Å². The van der Waals surface area contributed by atoms with Crippen molar-refractivity contribution in [2.45, 2.75) is 6.42 Å². The fourth-order valence-electron chi connectivity index (χ4n) is 1.93. The molecule has 6 heteroatoms. The third-order valence-corrected chi connectivity index (χ3v) is 3.42. The van der Waals surface area contributed by atoms with E-state index in [2.05, 4.69) is 0 Å². The van der Waals surface area contributed by atoms with Gasteiger partial charge in [0, 0.05) is 12.6 Å². The SMILES string of the molecule is CSCCCN1C(=O)C(=O)c2c(F)cc(F)cc21. The summed E-state index contributed by atoms with van der Waals surface area (Å²) in [5, 5.41) is 0. The second-order valence-electron chi connectivity index (χ2n) is 3.91. The molecule has 18 heavy (non-hydrogen) atoms. The van der Waals surface area contributed by atoms with E-state index in [9.17, 15) is 18.4 Å². The monoisotopic (exact) mass is 271 g/mol. The van der Waals surface area contributed by atoms with Gasteiger partial charge in [-0.1, -0.05) is 0 Å². The number of hydrogen-bond acceptors (Lipinski definition) is 3. The lowest BCUT2D eigenvalue weighted by Crippen LogP contribution is -2.30. The minimum atomic E-state index is -0.976. The molecule has 0 saturated heterocycles. The number of benzene rings is 1. The maximum absolute atomic E-state index is 13.5. The van der Waals surface area contributed by atoms with Crippen LogP contribution in [0.3, 0.4) is 0 Å². The Morgan fingerprint density at radius 1 is 1.28 bits per heavy atom. The van der Waals surface area contributed by atoms with Crippen LogP contribution in [0.5, 0.6) is 0 Å². The first kappa shape index (κ1) is 13.0. The van der Waals surface area contributed by atoms with E-state index in [1.54, 1.807) is 11.8 Å². The Kier molecular flexibility index (Phi) is 3.65. The molecule has 0 saturated carbocycles. The van der Waals surface area contributed by atoms with E-state index in [0.29, 0.717) is 19.0 Å². The second-order valence-corrected chi connectivity index (χ2v) is 4.90. The molecular formula is C12H11F2NO2S. The summed E-state index contributed by atoms with van der Waals surface area (Å²) in [6.45, 7) is 0.293. The number of halogens is 2. The average molecular weight is 271 g/mol. The predicted octanol–water partition coefficient (Wildman–Crippen LogP) is 2.25. The van der Waals surface area contributed by atoms with Crippen LogP contribution in [-0.4, -0.2) is 30.2 Å². The van der Waals surface area contributed by atoms with Gasteiger partial charge in [-0.15, -0.1) is 0 Å². The molecular weight excluding hydrogens is 260 g/mol. The van der Waals surface area contributed by atoms with Crippen molar-refractivity contribution < 1.29 is 18.4 Å². The predicted molar refractivity (Wildman–Crippen MR) is 66.0 cm³/mol. The van der Waals surface area contributed by atoms with Crippen LogP contribution >= 0.6 is 11.8 Å². The largest absolute Gasteiger partial charge is 0.305 e. The van der Waals surface area contributed by atoms with Crippen molar-refractivity contribution in [3.05, 3.63) is 29.3 Å². The number of carbonyl (C=O) groups is 2. The first-order chi connectivity index (χ1) is 8.56. The van der Waals surface area contributed by atoms with Gasteiger partial charge in [0.05, 0.1) is 11.3 Å². The lowest BCUT2D eigenvalue weighted by molar-refractivity contribution is -0.114. The summed E-state index contributed by atoms with van der Waals surface area (Å²) in [6.07, 6.45) is 2.59. The number of hydrogen-bond donors (Lipinski definition) is 0. The molecule has 1 heterocycles. The fourth-order valence-corrected chi connectivity index (χ4v) is 2.34. The van der Waals surface area contributed by atoms with Crippen LogP contribution in [0, 0.1) is 11.6 Å². The third-order valence-electron chi connectivity index (χ3n) is 2.72. The van der Waals surface area contributed by atoms with Crippen LogP contribution in [0.15, 0.2) is 12.1 Å². The molecule has 3 nitrogen and oxygen atoms in total. The average Bonchev–Trinajstić information content (AvgIpc) is 2.54. The van der Waals surface area contributed by atoms with Crippen molar-refractivity contribution in [3.8, 4) is 0 Å². The molecule has 0 aromatic heterocycles. The molecule has 1 amide bonds. The normalized spacial score (nSPS) is 14.3. The highest BCUT2D eigenvalue weighted by Gasteiger charge is 2.38. The minimum absolute atomic E-state index is 0.0450. The van der Waals surface area contributed by atoms with Crippen LogP contribution in [0.1, 0.15) is 16.8 Å². The molecule has 1 aromatic carbocycles. The summed E-state index contributed by atoms with van der Waals surface area (Å²) in [5.74, 6) is -2.63. The number of amides is 1. The molecule has 0 radical (unpaired) electrons. The number of anilines is 1. The topological polar surface area (TPSA) is 37.4 Å². The van der Waals surface area contributed by atoms with Gasteiger partial charge in [0.2, 0.25) is 0 Å². The van der Waals surface area contributed by atoms with Crippen LogP contribution in [0.2, 0.25) is 0 Å². The molecule has 1 aromatic rings. The summed E-state index contributed by atoms with van der Waals surface area (Å²) in [5.41, 5.74) is -0.269. The van der Waals surface area contributed by atoms with E-state index in [1.807, 2.05) is 6.26 Å². The Hall–Kier alpha value is -1.43. The maximum Gasteiger partial charge on any atom is 0.299 e. The number of thioether (sulfide) groups is 1. The zero-order chi connectivity index (χ0) is 13.3. The lowest BCUT2D eigenvalue weighted by atomic mass is 10.1. The Morgan fingerprint density at radius 2 is 2.00 bits per heavy atom. The van der Waals surface area contributed by atoms with Gasteiger partial charge in [0.15, 0.2) is 0 Å². The zero-order valence-corrected chi connectivity index (χ0v) is 10.5. The minimum Gasteiger partial charge on any atom is -0.305 e. The van der Waals surface area contributed by atoms with Crippen LogP contribution < -0.4 is 4.90 Å². The quantitative estimate of drug-likeness (QED) is 0.622. The van der Waals surface area contributed by atoms with Gasteiger partial charge >= 0.3 is 0 Å². The maximum atomic E-state index is 13.5. The van der Waals surface area contributed by atoms with E-state index < -0.39 is 23.3 Å². The van der Waals surface area contributed by atoms with Gasteiger partial charge in [-0.05, 0) is 24.5 Å². The Balaban J connectivity index is 2.35. The highest BCUT2D eigenvalue weighted by Crippen LogP contribution is 2.32. The molecule has 0 bridgehead atoms. The molecule has 96 valence electrons.